The predicted molar refractivity (Wildman–Crippen MR) is 182 cm³/mol. The molecule has 2 atom stereocenters. The number of H-pyrrole nitrogens is 1. The van der Waals surface area contributed by atoms with Crippen LogP contribution in [0.2, 0.25) is 0 Å². The van der Waals surface area contributed by atoms with Gasteiger partial charge in [-0.1, -0.05) is 42.5 Å². The molecular formula is C38H39FN4O4. The van der Waals surface area contributed by atoms with Gasteiger partial charge in [0.25, 0.3) is 5.91 Å². The second kappa shape index (κ2) is 13.2. The van der Waals surface area contributed by atoms with Crippen LogP contribution in [0.5, 0.6) is 5.75 Å². The molecule has 0 radical (unpaired) electrons. The van der Waals surface area contributed by atoms with E-state index in [1.54, 1.807) is 12.1 Å². The van der Waals surface area contributed by atoms with Gasteiger partial charge in [-0.25, -0.2) is 9.18 Å². The third kappa shape index (κ3) is 7.41. The van der Waals surface area contributed by atoms with Crippen molar-refractivity contribution in [2.75, 3.05) is 25.1 Å². The molecule has 1 aromatic heterocycles. The van der Waals surface area contributed by atoms with Crippen LogP contribution in [-0.4, -0.2) is 48.8 Å². The van der Waals surface area contributed by atoms with Crippen LogP contribution in [0.3, 0.4) is 0 Å². The molecule has 1 fully saturated rings. The lowest BCUT2D eigenvalue weighted by atomic mass is 10.00. The number of carbonyl (C=O) groups excluding carboxylic acids is 2. The zero-order valence-electron chi connectivity index (χ0n) is 27.0. The SMILES string of the molecule is COc1ccc(F)cc1[C@@H](NC(=O)c1cccc(-c2ccc(N3CC[C@@H](NC(=O)OC(C)(C)C)C3)cc2)c1)c1cc2ccccc2[nH]1. The summed E-state index contributed by atoms with van der Waals surface area (Å²) >= 11 is 0. The van der Waals surface area contributed by atoms with E-state index < -0.39 is 23.6 Å². The van der Waals surface area contributed by atoms with Crippen molar-refractivity contribution in [1.29, 1.82) is 0 Å². The molecule has 0 spiro atoms. The number of anilines is 1. The van der Waals surface area contributed by atoms with Gasteiger partial charge in [0, 0.05) is 41.1 Å². The number of nitrogens with zero attached hydrogens (tertiary/aromatic N) is 1. The van der Waals surface area contributed by atoms with E-state index in [9.17, 15) is 14.0 Å². The number of aromatic amines is 1. The van der Waals surface area contributed by atoms with Gasteiger partial charge in [0.2, 0.25) is 0 Å². The molecule has 1 saturated heterocycles. The molecule has 47 heavy (non-hydrogen) atoms. The third-order valence-electron chi connectivity index (χ3n) is 8.24. The third-order valence-corrected chi connectivity index (χ3v) is 8.24. The largest absolute Gasteiger partial charge is 0.496 e. The molecule has 0 unspecified atom stereocenters. The molecule has 242 valence electrons. The Balaban J connectivity index is 1.19. The number of methoxy groups -OCH3 is 1. The van der Waals surface area contributed by atoms with Crippen LogP contribution < -0.4 is 20.3 Å². The number of halogens is 1. The first-order chi connectivity index (χ1) is 22.6. The van der Waals surface area contributed by atoms with Crippen LogP contribution in [-0.2, 0) is 4.74 Å². The van der Waals surface area contributed by atoms with E-state index in [1.807, 2.05) is 81.4 Å². The maximum Gasteiger partial charge on any atom is 0.407 e. The normalized spacial score (nSPS) is 15.3. The molecule has 3 N–H and O–H groups in total. The Morgan fingerprint density at radius 1 is 0.936 bits per heavy atom. The molecule has 6 rings (SSSR count). The van der Waals surface area contributed by atoms with Crippen LogP contribution in [0.4, 0.5) is 14.9 Å². The van der Waals surface area contributed by atoms with E-state index in [4.69, 9.17) is 9.47 Å². The van der Waals surface area contributed by atoms with Gasteiger partial charge in [-0.2, -0.15) is 0 Å². The Morgan fingerprint density at radius 2 is 1.72 bits per heavy atom. The molecule has 1 aliphatic rings. The summed E-state index contributed by atoms with van der Waals surface area (Å²) in [5.41, 5.74) is 4.96. The van der Waals surface area contributed by atoms with Crippen LogP contribution in [0.1, 0.15) is 54.8 Å². The number of hydrogen-bond acceptors (Lipinski definition) is 5. The van der Waals surface area contributed by atoms with Crippen molar-refractivity contribution in [3.8, 4) is 16.9 Å². The number of fused-ring (bicyclic) bond motifs is 1. The van der Waals surface area contributed by atoms with Gasteiger partial charge >= 0.3 is 6.09 Å². The van der Waals surface area contributed by atoms with E-state index >= 15 is 0 Å². The number of nitrogens with one attached hydrogen (secondary N) is 3. The van der Waals surface area contributed by atoms with Gasteiger partial charge in [0.15, 0.2) is 0 Å². The molecule has 0 saturated carbocycles. The molecule has 2 heterocycles. The lowest BCUT2D eigenvalue weighted by Crippen LogP contribution is -2.40. The molecule has 4 aromatic carbocycles. The first-order valence-corrected chi connectivity index (χ1v) is 15.7. The summed E-state index contributed by atoms with van der Waals surface area (Å²) in [7, 11) is 1.53. The summed E-state index contributed by atoms with van der Waals surface area (Å²) in [4.78, 5) is 31.6. The molecule has 1 aliphatic heterocycles. The Hall–Kier alpha value is -5.31. The maximum absolute atomic E-state index is 14.5. The number of aromatic nitrogens is 1. The van der Waals surface area contributed by atoms with Crippen LogP contribution in [0, 0.1) is 5.82 Å². The smallest absolute Gasteiger partial charge is 0.407 e. The number of benzene rings is 4. The summed E-state index contributed by atoms with van der Waals surface area (Å²) in [5.74, 6) is -0.265. The molecule has 5 aromatic rings. The summed E-state index contributed by atoms with van der Waals surface area (Å²) in [6.07, 6.45) is 0.436. The van der Waals surface area contributed by atoms with E-state index in [-0.39, 0.29) is 11.9 Å². The van der Waals surface area contributed by atoms with Gasteiger partial charge in [-0.3, -0.25) is 4.79 Å². The fourth-order valence-electron chi connectivity index (χ4n) is 6.01. The number of rotatable bonds is 8. The first-order valence-electron chi connectivity index (χ1n) is 15.7. The Bertz CT molecular complexity index is 1860. The highest BCUT2D eigenvalue weighted by molar-refractivity contribution is 5.96. The van der Waals surface area contributed by atoms with E-state index in [0.29, 0.717) is 29.1 Å². The Labute approximate surface area is 273 Å². The Morgan fingerprint density at radius 3 is 2.47 bits per heavy atom. The number of hydrogen-bond donors (Lipinski definition) is 3. The maximum atomic E-state index is 14.5. The quantitative estimate of drug-likeness (QED) is 0.163. The number of para-hydroxylation sites is 1. The molecule has 8 nitrogen and oxygen atoms in total. The second-order valence-electron chi connectivity index (χ2n) is 12.8. The van der Waals surface area contributed by atoms with E-state index in [1.165, 1.54) is 19.2 Å². The zero-order chi connectivity index (χ0) is 33.1. The molecule has 9 heteroatoms. The highest BCUT2D eigenvalue weighted by atomic mass is 19.1. The van der Waals surface area contributed by atoms with Crippen molar-refractivity contribution in [3.63, 3.8) is 0 Å². The van der Waals surface area contributed by atoms with Crippen molar-refractivity contribution >= 4 is 28.6 Å². The minimum atomic E-state index is -0.697. The topological polar surface area (TPSA) is 95.7 Å². The second-order valence-corrected chi connectivity index (χ2v) is 12.8. The van der Waals surface area contributed by atoms with Crippen molar-refractivity contribution in [3.05, 3.63) is 120 Å². The van der Waals surface area contributed by atoms with Crippen molar-refractivity contribution < 1.29 is 23.5 Å². The molecular weight excluding hydrogens is 595 g/mol. The van der Waals surface area contributed by atoms with Crippen LogP contribution in [0.15, 0.2) is 97.1 Å². The zero-order valence-corrected chi connectivity index (χ0v) is 27.0. The first kappa shape index (κ1) is 31.7. The van der Waals surface area contributed by atoms with Gasteiger partial charge in [0.05, 0.1) is 19.2 Å². The highest BCUT2D eigenvalue weighted by Gasteiger charge is 2.27. The average Bonchev–Trinajstić information content (AvgIpc) is 3.70. The minimum Gasteiger partial charge on any atom is -0.496 e. The van der Waals surface area contributed by atoms with E-state index in [2.05, 4.69) is 32.7 Å². The molecule has 0 bridgehead atoms. The lowest BCUT2D eigenvalue weighted by molar-refractivity contribution is 0.0508. The summed E-state index contributed by atoms with van der Waals surface area (Å²) in [6.45, 7) is 7.07. The molecule has 2 amide bonds. The highest BCUT2D eigenvalue weighted by Crippen LogP contribution is 2.33. The average molecular weight is 635 g/mol. The minimum absolute atomic E-state index is 0.0141. The van der Waals surface area contributed by atoms with Gasteiger partial charge in [-0.15, -0.1) is 0 Å². The standard InChI is InChI=1S/C38H39FN4O4/c1-38(2,3)47-37(45)40-29-18-19-43(23-29)30-15-12-24(13-16-30)25-9-7-10-27(20-25)36(44)42-35(31-22-28(39)14-17-34(31)46-4)33-21-26-8-5-6-11-32(26)41-33/h5-17,20-22,29,35,41H,18-19,23H2,1-4H3,(H,40,45)(H,42,44)/t29-,35-/m1/s1. The predicted octanol–water partition coefficient (Wildman–Crippen LogP) is 7.61. The lowest BCUT2D eigenvalue weighted by Gasteiger charge is -2.22. The van der Waals surface area contributed by atoms with Crippen molar-refractivity contribution in [2.45, 2.75) is 44.9 Å². The monoisotopic (exact) mass is 634 g/mol. The number of ether oxygens (including phenoxy) is 2. The number of carbonyl (C=O) groups is 2. The van der Waals surface area contributed by atoms with Gasteiger partial charge < -0.3 is 30.0 Å². The van der Waals surface area contributed by atoms with Crippen molar-refractivity contribution in [1.82, 2.24) is 15.6 Å². The van der Waals surface area contributed by atoms with E-state index in [0.717, 1.165) is 40.7 Å². The van der Waals surface area contributed by atoms with Crippen LogP contribution in [0.25, 0.3) is 22.0 Å². The fourth-order valence-corrected chi connectivity index (χ4v) is 6.01. The number of alkyl carbamates (subject to hydrolysis) is 1. The summed E-state index contributed by atoms with van der Waals surface area (Å²) < 4.78 is 25.5. The summed E-state index contributed by atoms with van der Waals surface area (Å²) in [6, 6.07) is 29.0. The summed E-state index contributed by atoms with van der Waals surface area (Å²) in [5, 5.41) is 7.07. The Kier molecular flexibility index (Phi) is 8.89. The number of amides is 2. The molecule has 0 aliphatic carbocycles. The van der Waals surface area contributed by atoms with Crippen molar-refractivity contribution in [2.24, 2.45) is 0 Å². The van der Waals surface area contributed by atoms with Crippen LogP contribution >= 0.6 is 0 Å². The van der Waals surface area contributed by atoms with Gasteiger partial charge in [0.1, 0.15) is 17.2 Å². The van der Waals surface area contributed by atoms with Gasteiger partial charge in [-0.05, 0) is 98.3 Å². The fraction of sp³-hybridized carbons (Fsp3) is 0.263.